The van der Waals surface area contributed by atoms with E-state index >= 15 is 0 Å². The Morgan fingerprint density at radius 1 is 1.05 bits per heavy atom. The fourth-order valence-corrected chi connectivity index (χ4v) is 2.05. The summed E-state index contributed by atoms with van der Waals surface area (Å²) in [6, 6.07) is 13.9. The Balaban J connectivity index is 2.02. The number of carbonyl (C=O) groups is 1. The molecule has 3 N–H and O–H groups in total. The third-order valence-corrected chi connectivity index (χ3v) is 3.35. The Hall–Kier alpha value is -2.13. The second kappa shape index (κ2) is 6.35. The van der Waals surface area contributed by atoms with Gasteiger partial charge in [-0.2, -0.15) is 0 Å². The average molecular weight is 268 g/mol. The molecule has 0 atom stereocenters. The molecule has 2 aromatic rings. The number of nitrogens with one attached hydrogen (secondary N) is 1. The van der Waals surface area contributed by atoms with Gasteiger partial charge in [-0.25, -0.2) is 0 Å². The molecule has 20 heavy (non-hydrogen) atoms. The van der Waals surface area contributed by atoms with Gasteiger partial charge >= 0.3 is 0 Å². The summed E-state index contributed by atoms with van der Waals surface area (Å²) in [5, 5.41) is 2.95. The van der Waals surface area contributed by atoms with Crippen LogP contribution in [-0.4, -0.2) is 5.91 Å². The maximum Gasteiger partial charge on any atom is 0.251 e. The predicted octanol–water partition coefficient (Wildman–Crippen LogP) is 2.69. The van der Waals surface area contributed by atoms with Crippen LogP contribution in [-0.2, 0) is 13.1 Å². The van der Waals surface area contributed by atoms with E-state index in [4.69, 9.17) is 5.73 Å². The normalized spacial score (nSPS) is 10.3. The minimum atomic E-state index is -0.0332. The van der Waals surface area contributed by atoms with Crippen LogP contribution in [0.4, 0.5) is 0 Å². The molecule has 0 heterocycles. The van der Waals surface area contributed by atoms with Crippen LogP contribution in [0, 0.1) is 13.8 Å². The molecule has 3 heteroatoms. The molecular formula is C17H20N2O. The van der Waals surface area contributed by atoms with Crippen molar-refractivity contribution in [3.63, 3.8) is 0 Å². The highest BCUT2D eigenvalue weighted by Crippen LogP contribution is 2.11. The Morgan fingerprint density at radius 2 is 1.70 bits per heavy atom. The summed E-state index contributed by atoms with van der Waals surface area (Å²) in [7, 11) is 0. The van der Waals surface area contributed by atoms with Crippen molar-refractivity contribution in [1.29, 1.82) is 0 Å². The van der Waals surface area contributed by atoms with Gasteiger partial charge in [-0.3, -0.25) is 4.79 Å². The summed E-state index contributed by atoms with van der Waals surface area (Å²) in [5.41, 5.74) is 10.5. The van der Waals surface area contributed by atoms with Gasteiger partial charge in [-0.15, -0.1) is 0 Å². The lowest BCUT2D eigenvalue weighted by Crippen LogP contribution is -2.23. The van der Waals surface area contributed by atoms with Gasteiger partial charge in [0, 0.05) is 18.7 Å². The first-order valence-corrected chi connectivity index (χ1v) is 6.73. The minimum absolute atomic E-state index is 0.0332. The van der Waals surface area contributed by atoms with Crippen LogP contribution in [0.25, 0.3) is 0 Å². The summed E-state index contributed by atoms with van der Waals surface area (Å²) >= 11 is 0. The smallest absolute Gasteiger partial charge is 0.251 e. The molecule has 0 aromatic heterocycles. The maximum absolute atomic E-state index is 12.2. The number of amides is 1. The van der Waals surface area contributed by atoms with Crippen molar-refractivity contribution in [2.24, 2.45) is 5.73 Å². The fourth-order valence-electron chi connectivity index (χ4n) is 2.05. The summed E-state index contributed by atoms with van der Waals surface area (Å²) in [6.07, 6.45) is 0. The van der Waals surface area contributed by atoms with Crippen LogP contribution < -0.4 is 11.1 Å². The highest BCUT2D eigenvalue weighted by molar-refractivity contribution is 5.95. The lowest BCUT2D eigenvalue weighted by Gasteiger charge is -2.09. The van der Waals surface area contributed by atoms with Gasteiger partial charge in [0.15, 0.2) is 0 Å². The molecule has 1 amide bonds. The number of nitrogens with two attached hydrogens (primary N) is 1. The highest BCUT2D eigenvalue weighted by atomic mass is 16.1. The van der Waals surface area contributed by atoms with E-state index in [1.807, 2.05) is 56.3 Å². The van der Waals surface area contributed by atoms with Gasteiger partial charge in [0.25, 0.3) is 5.91 Å². The average Bonchev–Trinajstić information content (AvgIpc) is 2.47. The van der Waals surface area contributed by atoms with Crippen molar-refractivity contribution in [3.8, 4) is 0 Å². The molecule has 3 nitrogen and oxygen atoms in total. The predicted molar refractivity (Wildman–Crippen MR) is 81.4 cm³/mol. The molecule has 0 fully saturated rings. The third-order valence-electron chi connectivity index (χ3n) is 3.35. The lowest BCUT2D eigenvalue weighted by atomic mass is 10.0. The van der Waals surface area contributed by atoms with Gasteiger partial charge in [0.05, 0.1) is 0 Å². The van der Waals surface area contributed by atoms with Gasteiger partial charge in [0.2, 0.25) is 0 Å². The standard InChI is InChI=1S/C17H20N2O/c1-12-3-4-13(2)16(9-12)17(20)19-11-15-7-5-14(10-18)6-8-15/h3-9H,10-11,18H2,1-2H3,(H,19,20). The molecule has 0 aliphatic heterocycles. The quantitative estimate of drug-likeness (QED) is 0.895. The number of hydrogen-bond donors (Lipinski definition) is 2. The third kappa shape index (κ3) is 3.45. The molecule has 0 radical (unpaired) electrons. The number of rotatable bonds is 4. The molecule has 0 unspecified atom stereocenters. The van der Waals surface area contributed by atoms with E-state index in [1.54, 1.807) is 0 Å². The van der Waals surface area contributed by atoms with E-state index in [1.165, 1.54) is 0 Å². The topological polar surface area (TPSA) is 55.1 Å². The summed E-state index contributed by atoms with van der Waals surface area (Å²) in [4.78, 5) is 12.2. The van der Waals surface area contributed by atoms with Crippen molar-refractivity contribution in [1.82, 2.24) is 5.32 Å². The molecule has 0 bridgehead atoms. The second-order valence-corrected chi connectivity index (χ2v) is 5.02. The van der Waals surface area contributed by atoms with Crippen molar-refractivity contribution in [2.75, 3.05) is 0 Å². The first-order chi connectivity index (χ1) is 9.60. The van der Waals surface area contributed by atoms with Gasteiger partial charge in [-0.1, -0.05) is 42.0 Å². The van der Waals surface area contributed by atoms with Gasteiger partial charge < -0.3 is 11.1 Å². The van der Waals surface area contributed by atoms with E-state index in [2.05, 4.69) is 5.32 Å². The Kier molecular flexibility index (Phi) is 4.53. The minimum Gasteiger partial charge on any atom is -0.348 e. The zero-order valence-corrected chi connectivity index (χ0v) is 11.9. The molecular weight excluding hydrogens is 248 g/mol. The number of carbonyl (C=O) groups excluding carboxylic acids is 1. The van der Waals surface area contributed by atoms with E-state index in [0.717, 1.165) is 27.8 Å². The van der Waals surface area contributed by atoms with Crippen molar-refractivity contribution in [2.45, 2.75) is 26.9 Å². The fraction of sp³-hybridized carbons (Fsp3) is 0.235. The zero-order chi connectivity index (χ0) is 14.5. The first kappa shape index (κ1) is 14.3. The summed E-state index contributed by atoms with van der Waals surface area (Å²) < 4.78 is 0. The van der Waals surface area contributed by atoms with E-state index in [-0.39, 0.29) is 5.91 Å². The Morgan fingerprint density at radius 3 is 2.35 bits per heavy atom. The van der Waals surface area contributed by atoms with Crippen LogP contribution in [0.3, 0.4) is 0 Å². The number of hydrogen-bond acceptors (Lipinski definition) is 2. The molecule has 104 valence electrons. The van der Waals surface area contributed by atoms with Crippen LogP contribution in [0.1, 0.15) is 32.6 Å². The lowest BCUT2D eigenvalue weighted by molar-refractivity contribution is 0.0950. The molecule has 0 saturated heterocycles. The first-order valence-electron chi connectivity index (χ1n) is 6.73. The van der Waals surface area contributed by atoms with Gasteiger partial charge in [0.1, 0.15) is 0 Å². The second-order valence-electron chi connectivity index (χ2n) is 5.02. The SMILES string of the molecule is Cc1ccc(C)c(C(=O)NCc2ccc(CN)cc2)c1. The van der Waals surface area contributed by atoms with E-state index in [9.17, 15) is 4.79 Å². The molecule has 0 aliphatic carbocycles. The van der Waals surface area contributed by atoms with Crippen LogP contribution in [0.2, 0.25) is 0 Å². The summed E-state index contributed by atoms with van der Waals surface area (Å²) in [5.74, 6) is -0.0332. The Bertz CT molecular complexity index is 603. The zero-order valence-electron chi connectivity index (χ0n) is 11.9. The van der Waals surface area contributed by atoms with Crippen LogP contribution >= 0.6 is 0 Å². The van der Waals surface area contributed by atoms with Crippen molar-refractivity contribution >= 4 is 5.91 Å². The van der Waals surface area contributed by atoms with E-state index in [0.29, 0.717) is 13.1 Å². The molecule has 0 aliphatic rings. The highest BCUT2D eigenvalue weighted by Gasteiger charge is 2.08. The van der Waals surface area contributed by atoms with E-state index < -0.39 is 0 Å². The van der Waals surface area contributed by atoms with Crippen LogP contribution in [0.15, 0.2) is 42.5 Å². The van der Waals surface area contributed by atoms with Crippen LogP contribution in [0.5, 0.6) is 0 Å². The summed E-state index contributed by atoms with van der Waals surface area (Å²) in [6.45, 7) is 5.00. The molecule has 0 saturated carbocycles. The number of benzene rings is 2. The maximum atomic E-state index is 12.2. The molecule has 2 rings (SSSR count). The van der Waals surface area contributed by atoms with Crippen molar-refractivity contribution < 1.29 is 4.79 Å². The largest absolute Gasteiger partial charge is 0.348 e. The number of aryl methyl sites for hydroxylation is 2. The Labute approximate surface area is 119 Å². The van der Waals surface area contributed by atoms with Crippen molar-refractivity contribution in [3.05, 3.63) is 70.3 Å². The molecule has 2 aromatic carbocycles. The van der Waals surface area contributed by atoms with Gasteiger partial charge in [-0.05, 0) is 36.6 Å². The molecule has 0 spiro atoms. The monoisotopic (exact) mass is 268 g/mol.